The molecule has 0 aromatic carbocycles. The van der Waals surface area contributed by atoms with Crippen molar-refractivity contribution in [3.8, 4) is 0 Å². The first-order chi connectivity index (χ1) is 13.8. The zero-order chi connectivity index (χ0) is 21.1. The van der Waals surface area contributed by atoms with Gasteiger partial charge in [-0.05, 0) is 25.7 Å². The number of likely N-dealkylation sites (tertiary alicyclic amines) is 2. The van der Waals surface area contributed by atoms with E-state index in [9.17, 15) is 29.2 Å². The smallest absolute Gasteiger partial charge is 0.426 e. The van der Waals surface area contributed by atoms with Gasteiger partial charge in [-0.25, -0.2) is 0 Å². The molecule has 2 unspecified atom stereocenters. The lowest BCUT2D eigenvalue weighted by atomic mass is 9.77. The standard InChI is InChI=1S/C18H29BN4O6/c1-11-8-16(25)23(17(11)26)7-3-5-15(24)21-12-9-13(20-10-12)18(27)22-6-2-4-14(22)19(28)29/h11-14,20,28-29H,2-10H2,1H3,(H,21,24)/t11?,12?,13-,14-/m0/s1. The zero-order valence-corrected chi connectivity index (χ0v) is 16.7. The Balaban J connectivity index is 1.39. The van der Waals surface area contributed by atoms with E-state index in [1.54, 1.807) is 6.92 Å². The minimum absolute atomic E-state index is 0.169. The number of carbonyl (C=O) groups is 4. The predicted molar refractivity (Wildman–Crippen MR) is 103 cm³/mol. The summed E-state index contributed by atoms with van der Waals surface area (Å²) in [6.45, 7) is 2.94. The minimum atomic E-state index is -1.55. The summed E-state index contributed by atoms with van der Waals surface area (Å²) in [6.07, 6.45) is 2.59. The number of hydrogen-bond acceptors (Lipinski definition) is 7. The highest BCUT2D eigenvalue weighted by Gasteiger charge is 2.41. The fourth-order valence-electron chi connectivity index (χ4n) is 4.39. The van der Waals surface area contributed by atoms with Crippen molar-refractivity contribution >= 4 is 30.7 Å². The fourth-order valence-corrected chi connectivity index (χ4v) is 4.39. The molecule has 11 heteroatoms. The lowest BCUT2D eigenvalue weighted by Crippen LogP contribution is -2.51. The number of nitrogens with zero attached hydrogens (tertiary/aromatic N) is 2. The molecule has 3 saturated heterocycles. The molecule has 0 radical (unpaired) electrons. The topological polar surface area (TPSA) is 139 Å². The highest BCUT2D eigenvalue weighted by Crippen LogP contribution is 2.22. The molecule has 4 atom stereocenters. The van der Waals surface area contributed by atoms with Crippen LogP contribution in [0, 0.1) is 5.92 Å². The second-order valence-corrected chi connectivity index (χ2v) is 8.21. The van der Waals surface area contributed by atoms with Crippen molar-refractivity contribution in [2.24, 2.45) is 5.92 Å². The van der Waals surface area contributed by atoms with E-state index in [2.05, 4.69) is 10.6 Å². The zero-order valence-electron chi connectivity index (χ0n) is 16.7. The highest BCUT2D eigenvalue weighted by molar-refractivity contribution is 6.43. The van der Waals surface area contributed by atoms with Crippen LogP contribution in [0.2, 0.25) is 0 Å². The lowest BCUT2D eigenvalue weighted by Gasteiger charge is -2.26. The van der Waals surface area contributed by atoms with Gasteiger partial charge < -0.3 is 25.6 Å². The van der Waals surface area contributed by atoms with Gasteiger partial charge in [-0.3, -0.25) is 24.1 Å². The molecule has 4 N–H and O–H groups in total. The summed E-state index contributed by atoms with van der Waals surface area (Å²) >= 11 is 0. The predicted octanol–water partition coefficient (Wildman–Crippen LogP) is -1.99. The molecule has 3 aliphatic rings. The first-order valence-corrected chi connectivity index (χ1v) is 10.3. The van der Waals surface area contributed by atoms with Crippen molar-refractivity contribution in [1.82, 2.24) is 20.4 Å². The first-order valence-electron chi connectivity index (χ1n) is 10.3. The molecule has 3 fully saturated rings. The Hall–Kier alpha value is -1.98. The van der Waals surface area contributed by atoms with Crippen LogP contribution in [-0.4, -0.2) is 88.3 Å². The summed E-state index contributed by atoms with van der Waals surface area (Å²) in [7, 11) is -1.55. The molecule has 0 aromatic heterocycles. The lowest BCUT2D eigenvalue weighted by molar-refractivity contribution is -0.139. The van der Waals surface area contributed by atoms with Gasteiger partial charge in [0.2, 0.25) is 23.6 Å². The third-order valence-corrected chi connectivity index (χ3v) is 5.98. The van der Waals surface area contributed by atoms with Crippen LogP contribution >= 0.6 is 0 Å². The quantitative estimate of drug-likeness (QED) is 0.283. The number of hydrogen-bond donors (Lipinski definition) is 4. The summed E-state index contributed by atoms with van der Waals surface area (Å²) in [5.41, 5.74) is 0. The molecule has 3 heterocycles. The van der Waals surface area contributed by atoms with Gasteiger partial charge in [-0.1, -0.05) is 6.92 Å². The Morgan fingerprint density at radius 3 is 2.72 bits per heavy atom. The summed E-state index contributed by atoms with van der Waals surface area (Å²) in [4.78, 5) is 51.2. The van der Waals surface area contributed by atoms with Crippen LogP contribution in [0.1, 0.15) is 45.4 Å². The number of amides is 4. The Morgan fingerprint density at radius 1 is 1.31 bits per heavy atom. The third-order valence-electron chi connectivity index (χ3n) is 5.98. The number of carbonyl (C=O) groups excluding carboxylic acids is 4. The van der Waals surface area contributed by atoms with Gasteiger partial charge in [0.1, 0.15) is 0 Å². The monoisotopic (exact) mass is 408 g/mol. The van der Waals surface area contributed by atoms with Gasteiger partial charge in [0.05, 0.1) is 12.0 Å². The van der Waals surface area contributed by atoms with Crippen molar-refractivity contribution in [2.75, 3.05) is 19.6 Å². The Morgan fingerprint density at radius 2 is 2.07 bits per heavy atom. The van der Waals surface area contributed by atoms with E-state index in [1.807, 2.05) is 0 Å². The maximum atomic E-state index is 12.7. The van der Waals surface area contributed by atoms with Crippen LogP contribution in [0.15, 0.2) is 0 Å². The maximum absolute atomic E-state index is 12.7. The van der Waals surface area contributed by atoms with Gasteiger partial charge in [0, 0.05) is 44.4 Å². The average Bonchev–Trinajstić information content (AvgIpc) is 3.37. The van der Waals surface area contributed by atoms with Crippen molar-refractivity contribution in [3.63, 3.8) is 0 Å². The summed E-state index contributed by atoms with van der Waals surface area (Å²) in [5, 5.41) is 24.8. The molecular formula is C18H29BN4O6. The molecular weight excluding hydrogens is 379 g/mol. The van der Waals surface area contributed by atoms with E-state index >= 15 is 0 Å². The number of nitrogens with one attached hydrogen (secondary N) is 2. The van der Waals surface area contributed by atoms with E-state index in [-0.39, 0.29) is 55.0 Å². The van der Waals surface area contributed by atoms with Gasteiger partial charge >= 0.3 is 7.12 Å². The molecule has 0 aliphatic carbocycles. The van der Waals surface area contributed by atoms with Crippen LogP contribution < -0.4 is 10.6 Å². The fraction of sp³-hybridized carbons (Fsp3) is 0.778. The van der Waals surface area contributed by atoms with E-state index in [4.69, 9.17) is 0 Å². The number of rotatable bonds is 7. The second-order valence-electron chi connectivity index (χ2n) is 8.21. The molecule has 4 amide bonds. The van der Waals surface area contributed by atoms with E-state index in [0.717, 1.165) is 6.42 Å². The molecule has 0 saturated carbocycles. The van der Waals surface area contributed by atoms with Crippen LogP contribution in [-0.2, 0) is 19.2 Å². The van der Waals surface area contributed by atoms with Gasteiger partial charge in [0.15, 0.2) is 0 Å². The van der Waals surface area contributed by atoms with Gasteiger partial charge in [0.25, 0.3) is 0 Å². The third kappa shape index (κ3) is 4.96. The molecule has 3 aliphatic heterocycles. The van der Waals surface area contributed by atoms with Crippen LogP contribution in [0.4, 0.5) is 0 Å². The van der Waals surface area contributed by atoms with Gasteiger partial charge in [-0.2, -0.15) is 0 Å². The summed E-state index contributed by atoms with van der Waals surface area (Å²) in [6, 6.07) is -0.646. The molecule has 29 heavy (non-hydrogen) atoms. The SMILES string of the molecule is CC1CC(=O)N(CCCC(=O)NC2CN[C@H](C(=O)N3CCC[C@H]3B(O)O)C2)C1=O. The second kappa shape index (κ2) is 9.23. The van der Waals surface area contributed by atoms with Gasteiger partial charge in [-0.15, -0.1) is 0 Å². The molecule has 0 spiro atoms. The molecule has 160 valence electrons. The molecule has 3 rings (SSSR count). The first kappa shape index (κ1) is 21.7. The van der Waals surface area contributed by atoms with E-state index in [0.29, 0.717) is 32.4 Å². The average molecular weight is 408 g/mol. The largest absolute Gasteiger partial charge is 0.475 e. The van der Waals surface area contributed by atoms with Crippen LogP contribution in [0.25, 0.3) is 0 Å². The minimum Gasteiger partial charge on any atom is -0.426 e. The van der Waals surface area contributed by atoms with Crippen molar-refractivity contribution < 1.29 is 29.2 Å². The number of imide groups is 1. The summed E-state index contributed by atoms with van der Waals surface area (Å²) < 4.78 is 0. The van der Waals surface area contributed by atoms with E-state index in [1.165, 1.54) is 9.80 Å². The van der Waals surface area contributed by atoms with Crippen molar-refractivity contribution in [2.45, 2.75) is 63.5 Å². The molecule has 0 aromatic rings. The molecule has 0 bridgehead atoms. The van der Waals surface area contributed by atoms with E-state index < -0.39 is 19.1 Å². The Bertz CT molecular complexity index is 675. The maximum Gasteiger partial charge on any atom is 0.475 e. The van der Waals surface area contributed by atoms with Crippen molar-refractivity contribution in [3.05, 3.63) is 0 Å². The highest BCUT2D eigenvalue weighted by atomic mass is 16.4. The van der Waals surface area contributed by atoms with Crippen LogP contribution in [0.3, 0.4) is 0 Å². The normalized spacial score (nSPS) is 29.6. The van der Waals surface area contributed by atoms with Crippen molar-refractivity contribution in [1.29, 1.82) is 0 Å². The van der Waals surface area contributed by atoms with Crippen LogP contribution in [0.5, 0.6) is 0 Å². The Kier molecular flexibility index (Phi) is 6.91. The summed E-state index contributed by atoms with van der Waals surface area (Å²) in [5.74, 6) is -1.56. The Labute approximate surface area is 170 Å². The molecule has 10 nitrogen and oxygen atoms in total.